The molecule has 1 N–H and O–H groups in total. The predicted octanol–water partition coefficient (Wildman–Crippen LogP) is 12.8. The van der Waals surface area contributed by atoms with E-state index < -0.39 is 26.5 Å². The van der Waals surface area contributed by atoms with Crippen molar-refractivity contribution in [3.8, 4) is 67.5 Å². The second kappa shape index (κ2) is 15.2. The molecule has 0 saturated heterocycles. The van der Waals surface area contributed by atoms with E-state index in [1.54, 1.807) is 0 Å². The van der Waals surface area contributed by atoms with Gasteiger partial charge < -0.3 is 0 Å². The first-order valence-corrected chi connectivity index (χ1v) is 35.0. The maximum atomic E-state index is 11.9. The number of fused-ring (bicyclic) bond motifs is 1. The predicted molar refractivity (Wildman–Crippen MR) is 252 cm³/mol. The van der Waals surface area contributed by atoms with Gasteiger partial charge in [-0.15, -0.1) is 0 Å². The first-order chi connectivity index (χ1) is 27.6. The van der Waals surface area contributed by atoms with Gasteiger partial charge in [-0.25, -0.2) is 0 Å². The normalized spacial score (nSPS) is 12.3. The minimum atomic E-state index is -2.24. The van der Waals surface area contributed by atoms with E-state index in [4.69, 9.17) is 9.97 Å². The van der Waals surface area contributed by atoms with Gasteiger partial charge in [-0.05, 0) is 23.3 Å². The molecule has 0 fully saturated rings. The molecule has 290 valence electrons. The van der Waals surface area contributed by atoms with Gasteiger partial charge in [-0.1, -0.05) is 51.1 Å². The fourth-order valence-electron chi connectivity index (χ4n) is 7.75. The van der Waals surface area contributed by atoms with Gasteiger partial charge in [0.2, 0.25) is 0 Å². The Hall–Kier alpha value is -5.17. The molecule has 0 saturated carbocycles. The molecule has 0 radical (unpaired) electrons. The van der Waals surface area contributed by atoms with Crippen molar-refractivity contribution in [2.24, 2.45) is 0 Å². The second-order valence-electron chi connectivity index (χ2n) is 18.6. The molecule has 0 aliphatic rings. The molecule has 0 spiro atoms. The van der Waals surface area contributed by atoms with E-state index in [2.05, 4.69) is 193 Å². The van der Waals surface area contributed by atoms with Crippen LogP contribution in [0.3, 0.4) is 0 Å². The summed E-state index contributed by atoms with van der Waals surface area (Å²) in [7, 11) is 0. The summed E-state index contributed by atoms with van der Waals surface area (Å²) in [6.07, 6.45) is 1.91. The quantitative estimate of drug-likeness (QED) is 0.155. The van der Waals surface area contributed by atoms with Gasteiger partial charge in [0.25, 0.3) is 0 Å². The van der Waals surface area contributed by atoms with Crippen molar-refractivity contribution in [3.63, 3.8) is 0 Å². The number of rotatable bonds is 8. The zero-order valence-electron chi connectivity index (χ0n) is 35.2. The third-order valence-electron chi connectivity index (χ3n) is 11.3. The number of pyridine rings is 1. The average Bonchev–Trinajstić information content (AvgIpc) is 3.59. The van der Waals surface area contributed by atoms with Crippen LogP contribution in [0.5, 0.6) is 5.75 Å². The van der Waals surface area contributed by atoms with Crippen LogP contribution in [0.1, 0.15) is 26.3 Å². The molecule has 8 aromatic rings. The van der Waals surface area contributed by atoms with Crippen molar-refractivity contribution in [1.82, 2.24) is 14.5 Å². The summed E-state index contributed by atoms with van der Waals surface area (Å²) in [5.41, 5.74) is 13.5. The third kappa shape index (κ3) is 7.84. The van der Waals surface area contributed by atoms with Crippen LogP contribution in [0.4, 0.5) is 0 Å². The molecule has 2 heterocycles. The average molecular weight is 881 g/mol. The van der Waals surface area contributed by atoms with E-state index in [1.165, 1.54) is 14.4 Å². The van der Waals surface area contributed by atoms with E-state index in [1.807, 2.05) is 18.3 Å². The van der Waals surface area contributed by atoms with Crippen molar-refractivity contribution < 1.29 is 5.11 Å². The monoisotopic (exact) mass is 883 g/mol. The fourth-order valence-corrected chi connectivity index (χ4v) is 12.6. The van der Waals surface area contributed by atoms with Crippen molar-refractivity contribution in [3.05, 3.63) is 157 Å². The van der Waals surface area contributed by atoms with E-state index >= 15 is 0 Å². The number of imidazole rings is 1. The number of hydrogen-bond acceptors (Lipinski definition) is 3. The first-order valence-electron chi connectivity index (χ1n) is 20.3. The molecular weight excluding hydrogens is 828 g/mol. The summed E-state index contributed by atoms with van der Waals surface area (Å²) in [6.45, 7) is 6.80. The second-order valence-corrected chi connectivity index (χ2v) is 39.9. The van der Waals surface area contributed by atoms with Gasteiger partial charge in [-0.2, -0.15) is 0 Å². The molecule has 0 amide bonds. The van der Waals surface area contributed by atoms with Gasteiger partial charge in [0.15, 0.2) is 0 Å². The number of aromatic hydroxyl groups is 1. The fraction of sp³-hybridized carbons (Fsp3) is 0.192. The standard InChI is InChI=1S/C52H53Ge2N3O/c1-52(2,3)40-30-38(29-39(31-40)46-32-37(27-28-55-46)35-17-12-10-13-18-35)43-21-16-22-48-50(43)56-51(44-25-23-42(34-49(44)58)54(7,8)9)57(48)47-26-24-41(53(4,5)6)33-45(47)36-19-14-11-15-20-36/h10-34,58H,1-9H3. The molecule has 2 aromatic heterocycles. The SMILES string of the molecule is CC(C)(C)c1cc(-c2cc(-c3ccccc3)ccn2)cc(-c2cccc3c2nc(-c2cc[c]([Ge]([CH3])([CH3])[CH3])cc2O)n3-c2cc[c]([Ge]([CH3])([CH3])[CH3])cc2-c2ccccc2)c1. The molecular formula is C52H53Ge2N3O. The Kier molecular flexibility index (Phi) is 10.4. The van der Waals surface area contributed by atoms with E-state index in [-0.39, 0.29) is 11.2 Å². The summed E-state index contributed by atoms with van der Waals surface area (Å²) in [5, 5.41) is 11.9. The zero-order chi connectivity index (χ0) is 41.0. The van der Waals surface area contributed by atoms with Crippen molar-refractivity contribution in [1.29, 1.82) is 0 Å². The van der Waals surface area contributed by atoms with Crippen LogP contribution in [0.15, 0.2) is 152 Å². The molecule has 0 bridgehead atoms. The molecule has 4 nitrogen and oxygen atoms in total. The molecule has 8 rings (SSSR count). The van der Waals surface area contributed by atoms with Crippen LogP contribution in [-0.2, 0) is 5.41 Å². The Morgan fingerprint density at radius 2 is 1.16 bits per heavy atom. The van der Waals surface area contributed by atoms with E-state index in [0.29, 0.717) is 0 Å². The summed E-state index contributed by atoms with van der Waals surface area (Å²) in [6, 6.07) is 52.2. The number of para-hydroxylation sites is 1. The van der Waals surface area contributed by atoms with Crippen LogP contribution in [0.25, 0.3) is 72.7 Å². The summed E-state index contributed by atoms with van der Waals surface area (Å²) in [4.78, 5) is 10.5. The molecule has 0 unspecified atom stereocenters. The third-order valence-corrected chi connectivity index (χ3v) is 19.8. The topological polar surface area (TPSA) is 50.9 Å². The van der Waals surface area contributed by atoms with Crippen molar-refractivity contribution in [2.45, 2.75) is 60.7 Å². The summed E-state index contributed by atoms with van der Waals surface area (Å²) < 4.78 is 4.98. The Morgan fingerprint density at radius 1 is 0.517 bits per heavy atom. The van der Waals surface area contributed by atoms with Crippen LogP contribution in [0, 0.1) is 0 Å². The van der Waals surface area contributed by atoms with E-state index in [9.17, 15) is 5.11 Å². The van der Waals surface area contributed by atoms with Gasteiger partial charge >= 0.3 is 266 Å². The van der Waals surface area contributed by atoms with Gasteiger partial charge in [0, 0.05) is 6.20 Å². The number of phenolic OH excluding ortho intramolecular Hbond substituents is 1. The Balaban J connectivity index is 1.41. The Labute approximate surface area is 349 Å². The van der Waals surface area contributed by atoms with Gasteiger partial charge in [0.1, 0.15) is 0 Å². The number of nitrogens with zero attached hydrogens (tertiary/aromatic N) is 3. The summed E-state index contributed by atoms with van der Waals surface area (Å²) in [5.74, 6) is 15.4. The molecule has 6 aromatic carbocycles. The van der Waals surface area contributed by atoms with Gasteiger partial charge in [0.05, 0.1) is 0 Å². The van der Waals surface area contributed by atoms with Crippen LogP contribution in [-0.4, -0.2) is 46.2 Å². The number of phenols is 1. The Bertz CT molecular complexity index is 2790. The maximum absolute atomic E-state index is 11.9. The molecule has 0 atom stereocenters. The van der Waals surface area contributed by atoms with Crippen molar-refractivity contribution >= 4 is 46.4 Å². The Morgan fingerprint density at radius 3 is 1.81 bits per heavy atom. The van der Waals surface area contributed by atoms with Crippen LogP contribution >= 0.6 is 0 Å². The van der Waals surface area contributed by atoms with Gasteiger partial charge in [-0.3, -0.25) is 4.98 Å². The first kappa shape index (κ1) is 39.6. The number of hydrogen-bond donors (Lipinski definition) is 1. The van der Waals surface area contributed by atoms with Crippen LogP contribution < -0.4 is 8.79 Å². The van der Waals surface area contributed by atoms with Crippen molar-refractivity contribution in [2.75, 3.05) is 0 Å². The number of benzene rings is 6. The summed E-state index contributed by atoms with van der Waals surface area (Å²) >= 11 is -4.47. The number of aromatic nitrogens is 3. The minimum absolute atomic E-state index is 0.116. The zero-order valence-corrected chi connectivity index (χ0v) is 39.4. The van der Waals surface area contributed by atoms with Crippen LogP contribution in [0.2, 0.25) is 34.5 Å². The molecule has 58 heavy (non-hydrogen) atoms. The molecule has 6 heteroatoms. The molecule has 0 aliphatic heterocycles. The molecule has 0 aliphatic carbocycles. The van der Waals surface area contributed by atoms with E-state index in [0.717, 1.165) is 72.7 Å².